The Bertz CT molecular complexity index is 368. The van der Waals surface area contributed by atoms with Crippen LogP contribution in [0.4, 0.5) is 5.82 Å². The molecule has 4 N–H and O–H groups in total. The van der Waals surface area contributed by atoms with Crippen LogP contribution in [0.15, 0.2) is 12.3 Å². The molecule has 1 rings (SSSR count). The van der Waals surface area contributed by atoms with Crippen molar-refractivity contribution < 1.29 is 5.11 Å². The zero-order valence-corrected chi connectivity index (χ0v) is 12.0. The predicted molar refractivity (Wildman–Crippen MR) is 76.8 cm³/mol. The Labute approximate surface area is 114 Å². The van der Waals surface area contributed by atoms with E-state index in [9.17, 15) is 5.11 Å². The molecule has 0 fully saturated rings. The number of nitrogens with one attached hydrogen (secondary N) is 1. The minimum Gasteiger partial charge on any atom is -0.387 e. The van der Waals surface area contributed by atoms with Gasteiger partial charge < -0.3 is 16.2 Å². The Kier molecular flexibility index (Phi) is 6.26. The fourth-order valence-corrected chi connectivity index (χ4v) is 1.34. The van der Waals surface area contributed by atoms with E-state index >= 15 is 0 Å². The van der Waals surface area contributed by atoms with E-state index in [2.05, 4.69) is 10.3 Å². The summed E-state index contributed by atoms with van der Waals surface area (Å²) in [6.07, 6.45) is 0.903. The second-order valence-corrected chi connectivity index (χ2v) is 5.19. The van der Waals surface area contributed by atoms with Crippen LogP contribution in [0, 0.1) is 0 Å². The summed E-state index contributed by atoms with van der Waals surface area (Å²) in [6.45, 7) is 6.56. The standard InChI is InChI=1S/C11H18ClN3O.H2S/c1-11(2,3)15-6-9(16)7-4-8(12)10(13)14-5-7;/h4-5,9,15-16H,6H2,1-3H3,(H2,13,14);1H2/t9-;/m1./s1. The van der Waals surface area contributed by atoms with Crippen LogP contribution in [0.25, 0.3) is 0 Å². The highest BCUT2D eigenvalue weighted by atomic mass is 35.5. The lowest BCUT2D eigenvalue weighted by Crippen LogP contribution is -2.38. The van der Waals surface area contributed by atoms with E-state index in [1.54, 1.807) is 6.07 Å². The number of aliphatic hydroxyl groups is 1. The molecule has 0 bridgehead atoms. The number of hydrogen-bond donors (Lipinski definition) is 3. The third-order valence-electron chi connectivity index (χ3n) is 2.10. The molecule has 6 heteroatoms. The highest BCUT2D eigenvalue weighted by Gasteiger charge is 2.14. The van der Waals surface area contributed by atoms with Gasteiger partial charge in [0, 0.05) is 23.8 Å². The minimum atomic E-state index is -0.634. The van der Waals surface area contributed by atoms with Gasteiger partial charge in [0.2, 0.25) is 0 Å². The van der Waals surface area contributed by atoms with Crippen LogP contribution < -0.4 is 11.1 Å². The second kappa shape index (κ2) is 6.44. The summed E-state index contributed by atoms with van der Waals surface area (Å²) in [5.41, 5.74) is 6.12. The maximum Gasteiger partial charge on any atom is 0.142 e. The summed E-state index contributed by atoms with van der Waals surface area (Å²) in [5, 5.41) is 13.5. The summed E-state index contributed by atoms with van der Waals surface area (Å²) in [4.78, 5) is 3.90. The van der Waals surface area contributed by atoms with Gasteiger partial charge in [-0.15, -0.1) is 0 Å². The van der Waals surface area contributed by atoms with Crippen molar-refractivity contribution in [2.75, 3.05) is 12.3 Å². The number of nitrogens with zero attached hydrogens (tertiary/aromatic N) is 1. The number of rotatable bonds is 3. The molecule has 0 saturated heterocycles. The topological polar surface area (TPSA) is 71.2 Å². The Balaban J connectivity index is 0.00000256. The SMILES string of the molecule is CC(C)(C)NC[C@@H](O)c1cnc(N)c(Cl)c1.S. The molecule has 0 spiro atoms. The van der Waals surface area contributed by atoms with Crippen molar-refractivity contribution in [3.63, 3.8) is 0 Å². The zero-order valence-electron chi connectivity index (χ0n) is 10.3. The van der Waals surface area contributed by atoms with Gasteiger partial charge in [-0.05, 0) is 26.8 Å². The van der Waals surface area contributed by atoms with E-state index in [0.717, 1.165) is 0 Å². The van der Waals surface area contributed by atoms with Gasteiger partial charge in [-0.2, -0.15) is 13.5 Å². The van der Waals surface area contributed by atoms with Crippen LogP contribution in [0.2, 0.25) is 5.02 Å². The van der Waals surface area contributed by atoms with Crippen LogP contribution >= 0.6 is 25.1 Å². The van der Waals surface area contributed by atoms with E-state index in [0.29, 0.717) is 17.1 Å². The molecule has 0 unspecified atom stereocenters. The summed E-state index contributed by atoms with van der Waals surface area (Å²) in [7, 11) is 0. The van der Waals surface area contributed by atoms with E-state index in [4.69, 9.17) is 17.3 Å². The van der Waals surface area contributed by atoms with Crippen molar-refractivity contribution in [3.8, 4) is 0 Å². The molecule has 4 nitrogen and oxygen atoms in total. The smallest absolute Gasteiger partial charge is 0.142 e. The van der Waals surface area contributed by atoms with E-state index in [-0.39, 0.29) is 24.9 Å². The van der Waals surface area contributed by atoms with Crippen molar-refractivity contribution in [2.24, 2.45) is 0 Å². The number of nitrogen functional groups attached to an aromatic ring is 1. The van der Waals surface area contributed by atoms with E-state index < -0.39 is 6.10 Å². The van der Waals surface area contributed by atoms with Crippen LogP contribution in [0.5, 0.6) is 0 Å². The number of aromatic nitrogens is 1. The first kappa shape index (κ1) is 16.5. The molecule has 0 radical (unpaired) electrons. The van der Waals surface area contributed by atoms with Gasteiger partial charge in [-0.25, -0.2) is 4.98 Å². The Morgan fingerprint density at radius 3 is 2.59 bits per heavy atom. The van der Waals surface area contributed by atoms with Gasteiger partial charge in [0.15, 0.2) is 0 Å². The van der Waals surface area contributed by atoms with Gasteiger partial charge in [-0.1, -0.05) is 11.6 Å². The van der Waals surface area contributed by atoms with Crippen molar-refractivity contribution in [2.45, 2.75) is 32.4 Å². The fraction of sp³-hybridized carbons (Fsp3) is 0.545. The number of pyridine rings is 1. The van der Waals surface area contributed by atoms with E-state index in [1.165, 1.54) is 6.20 Å². The lowest BCUT2D eigenvalue weighted by atomic mass is 10.1. The maximum atomic E-state index is 9.90. The Morgan fingerprint density at radius 1 is 1.53 bits per heavy atom. The Morgan fingerprint density at radius 2 is 2.12 bits per heavy atom. The normalized spacial score (nSPS) is 13.0. The van der Waals surface area contributed by atoms with Gasteiger partial charge in [0.25, 0.3) is 0 Å². The molecular formula is C11H20ClN3OS. The number of hydrogen-bond acceptors (Lipinski definition) is 4. The third-order valence-corrected chi connectivity index (χ3v) is 2.40. The van der Waals surface area contributed by atoms with Crippen LogP contribution in [0.1, 0.15) is 32.4 Å². The minimum absolute atomic E-state index is 0. The largest absolute Gasteiger partial charge is 0.387 e. The molecular weight excluding hydrogens is 258 g/mol. The zero-order chi connectivity index (χ0) is 12.3. The molecule has 98 valence electrons. The number of aliphatic hydroxyl groups excluding tert-OH is 1. The molecule has 0 aliphatic carbocycles. The lowest BCUT2D eigenvalue weighted by molar-refractivity contribution is 0.163. The summed E-state index contributed by atoms with van der Waals surface area (Å²) >= 11 is 5.83. The Hall–Kier alpha value is -0.490. The molecule has 1 atom stereocenters. The maximum absolute atomic E-state index is 9.90. The van der Waals surface area contributed by atoms with Crippen LogP contribution in [-0.4, -0.2) is 22.2 Å². The van der Waals surface area contributed by atoms with E-state index in [1.807, 2.05) is 20.8 Å². The van der Waals surface area contributed by atoms with Gasteiger partial charge in [-0.3, -0.25) is 0 Å². The predicted octanol–water partition coefficient (Wildman–Crippen LogP) is 1.85. The molecule has 0 aliphatic rings. The number of halogens is 1. The average molecular weight is 278 g/mol. The summed E-state index contributed by atoms with van der Waals surface area (Å²) in [5.74, 6) is 0.279. The van der Waals surface area contributed by atoms with Gasteiger partial charge in [0.1, 0.15) is 5.82 Å². The highest BCUT2D eigenvalue weighted by Crippen LogP contribution is 2.21. The van der Waals surface area contributed by atoms with Crippen molar-refractivity contribution in [1.82, 2.24) is 10.3 Å². The van der Waals surface area contributed by atoms with Crippen molar-refractivity contribution >= 4 is 30.9 Å². The molecule has 1 aromatic heterocycles. The molecule has 0 aliphatic heterocycles. The average Bonchev–Trinajstić information content (AvgIpc) is 2.17. The highest BCUT2D eigenvalue weighted by molar-refractivity contribution is 7.59. The molecule has 0 aromatic carbocycles. The van der Waals surface area contributed by atoms with Crippen LogP contribution in [-0.2, 0) is 0 Å². The third kappa shape index (κ3) is 5.59. The molecule has 1 heterocycles. The number of β-amino-alcohol motifs (C(OH)–C–C–N with tert-alkyl or cyclic N) is 1. The second-order valence-electron chi connectivity index (χ2n) is 4.78. The fourth-order valence-electron chi connectivity index (χ4n) is 1.17. The first-order chi connectivity index (χ1) is 7.29. The molecule has 17 heavy (non-hydrogen) atoms. The quantitative estimate of drug-likeness (QED) is 0.789. The lowest BCUT2D eigenvalue weighted by Gasteiger charge is -2.23. The van der Waals surface area contributed by atoms with Gasteiger partial charge >= 0.3 is 0 Å². The first-order valence-electron chi connectivity index (χ1n) is 5.13. The first-order valence-corrected chi connectivity index (χ1v) is 5.51. The number of nitrogens with two attached hydrogens (primary N) is 1. The van der Waals surface area contributed by atoms with Crippen LogP contribution in [0.3, 0.4) is 0 Å². The number of anilines is 1. The summed E-state index contributed by atoms with van der Waals surface area (Å²) in [6, 6.07) is 1.64. The van der Waals surface area contributed by atoms with Crippen molar-refractivity contribution in [3.05, 3.63) is 22.8 Å². The van der Waals surface area contributed by atoms with Crippen molar-refractivity contribution in [1.29, 1.82) is 0 Å². The molecule has 0 saturated carbocycles. The molecule has 0 amide bonds. The summed E-state index contributed by atoms with van der Waals surface area (Å²) < 4.78 is 0. The molecule has 1 aromatic rings. The monoisotopic (exact) mass is 277 g/mol. The van der Waals surface area contributed by atoms with Gasteiger partial charge in [0.05, 0.1) is 11.1 Å².